The van der Waals surface area contributed by atoms with Crippen LogP contribution in [0.5, 0.6) is 5.75 Å². The second-order valence-electron chi connectivity index (χ2n) is 5.11. The average Bonchev–Trinajstić information content (AvgIpc) is 2.39. The van der Waals surface area contributed by atoms with Gasteiger partial charge in [0.05, 0.1) is 7.11 Å². The maximum atomic E-state index is 5.28. The second-order valence-corrected chi connectivity index (χ2v) is 6.72. The lowest BCUT2D eigenvalue weighted by Crippen LogP contribution is -2.25. The van der Waals surface area contributed by atoms with Gasteiger partial charge in [0, 0.05) is 11.8 Å². The fourth-order valence-electron chi connectivity index (χ4n) is 2.03. The van der Waals surface area contributed by atoms with E-state index in [0.717, 1.165) is 24.5 Å². The van der Waals surface area contributed by atoms with E-state index in [4.69, 9.17) is 4.74 Å². The van der Waals surface area contributed by atoms with E-state index in [0.29, 0.717) is 11.3 Å². The number of thioether (sulfide) groups is 1. The van der Waals surface area contributed by atoms with Crippen LogP contribution in [0.1, 0.15) is 44.4 Å². The van der Waals surface area contributed by atoms with Crippen molar-refractivity contribution in [1.82, 2.24) is 5.32 Å². The fraction of sp³-hybridized carbons (Fsp3) is 0.625. The Morgan fingerprint density at radius 3 is 2.58 bits per heavy atom. The van der Waals surface area contributed by atoms with Crippen LogP contribution in [0.15, 0.2) is 18.2 Å². The van der Waals surface area contributed by atoms with Gasteiger partial charge in [-0.3, -0.25) is 0 Å². The maximum absolute atomic E-state index is 5.28. The first-order chi connectivity index (χ1) is 9.08. The molecule has 2 nitrogen and oxygen atoms in total. The van der Waals surface area contributed by atoms with Gasteiger partial charge < -0.3 is 10.1 Å². The van der Waals surface area contributed by atoms with Crippen LogP contribution in [0.3, 0.4) is 0 Å². The highest BCUT2D eigenvalue weighted by Gasteiger charge is 2.14. The summed E-state index contributed by atoms with van der Waals surface area (Å²) in [5, 5.41) is 4.33. The number of aryl methyl sites for hydroxylation is 1. The molecule has 0 aliphatic rings. The van der Waals surface area contributed by atoms with E-state index < -0.39 is 0 Å². The Labute approximate surface area is 122 Å². The molecule has 0 bridgehead atoms. The molecular weight excluding hydrogens is 254 g/mol. The zero-order valence-electron chi connectivity index (χ0n) is 12.8. The van der Waals surface area contributed by atoms with Crippen LogP contribution in [0.4, 0.5) is 0 Å². The highest BCUT2D eigenvalue weighted by Crippen LogP contribution is 2.26. The molecule has 0 aliphatic heterocycles. The van der Waals surface area contributed by atoms with Crippen molar-refractivity contribution >= 4 is 11.8 Å². The molecule has 0 spiro atoms. The van der Waals surface area contributed by atoms with Crippen molar-refractivity contribution in [1.29, 1.82) is 0 Å². The van der Waals surface area contributed by atoms with Crippen molar-refractivity contribution in [3.63, 3.8) is 0 Å². The summed E-state index contributed by atoms with van der Waals surface area (Å²) < 4.78 is 5.28. The Bertz CT molecular complexity index is 379. The molecule has 1 aromatic rings. The van der Waals surface area contributed by atoms with Crippen LogP contribution in [0.2, 0.25) is 0 Å². The smallest absolute Gasteiger partial charge is 0.119 e. The zero-order valence-corrected chi connectivity index (χ0v) is 13.6. The molecule has 1 atom stereocenters. The Kier molecular flexibility index (Phi) is 7.32. The molecule has 0 radical (unpaired) electrons. The normalized spacial score (nSPS) is 12.7. The molecule has 0 saturated carbocycles. The van der Waals surface area contributed by atoms with Crippen molar-refractivity contribution in [3.8, 4) is 5.75 Å². The van der Waals surface area contributed by atoms with E-state index in [1.165, 1.54) is 11.1 Å². The number of rotatable bonds is 8. The summed E-state index contributed by atoms with van der Waals surface area (Å²) in [6.45, 7) is 9.94. The zero-order chi connectivity index (χ0) is 14.3. The van der Waals surface area contributed by atoms with Crippen molar-refractivity contribution < 1.29 is 4.74 Å². The van der Waals surface area contributed by atoms with Crippen molar-refractivity contribution in [2.24, 2.45) is 0 Å². The summed E-state index contributed by atoms with van der Waals surface area (Å²) in [5.41, 5.74) is 2.69. The van der Waals surface area contributed by atoms with Crippen LogP contribution in [-0.4, -0.2) is 24.7 Å². The van der Waals surface area contributed by atoms with Gasteiger partial charge >= 0.3 is 0 Å². The fourth-order valence-corrected chi connectivity index (χ4v) is 2.91. The summed E-state index contributed by atoms with van der Waals surface area (Å²) in [7, 11) is 1.72. The first-order valence-electron chi connectivity index (χ1n) is 7.08. The number of hydrogen-bond acceptors (Lipinski definition) is 3. The minimum atomic E-state index is 0.429. The molecule has 0 fully saturated rings. The topological polar surface area (TPSA) is 21.3 Å². The molecule has 1 N–H and O–H groups in total. The monoisotopic (exact) mass is 281 g/mol. The van der Waals surface area contributed by atoms with Gasteiger partial charge in [-0.2, -0.15) is 11.8 Å². The highest BCUT2D eigenvalue weighted by atomic mass is 32.2. The summed E-state index contributed by atoms with van der Waals surface area (Å²) in [4.78, 5) is 0. The van der Waals surface area contributed by atoms with E-state index >= 15 is 0 Å². The molecule has 0 heterocycles. The highest BCUT2D eigenvalue weighted by molar-refractivity contribution is 7.99. The molecule has 0 aliphatic carbocycles. The SMILES string of the molecule is CCCNC(CSC(C)C)c1ccc(OC)cc1C. The Morgan fingerprint density at radius 2 is 2.05 bits per heavy atom. The number of ether oxygens (including phenoxy) is 1. The quantitative estimate of drug-likeness (QED) is 0.772. The molecule has 19 heavy (non-hydrogen) atoms. The standard InChI is InChI=1S/C16H27NOS/c1-6-9-17-16(11-19-12(2)3)15-8-7-14(18-5)10-13(15)4/h7-8,10,12,16-17H,6,9,11H2,1-5H3. The predicted octanol–water partition coefficient (Wildman–Crippen LogP) is 4.19. The lowest BCUT2D eigenvalue weighted by molar-refractivity contribution is 0.414. The van der Waals surface area contributed by atoms with Gasteiger partial charge in [0.15, 0.2) is 0 Å². The first-order valence-corrected chi connectivity index (χ1v) is 8.12. The lowest BCUT2D eigenvalue weighted by atomic mass is 10.0. The van der Waals surface area contributed by atoms with E-state index in [1.807, 2.05) is 11.8 Å². The number of methoxy groups -OCH3 is 1. The minimum Gasteiger partial charge on any atom is -0.497 e. The molecule has 1 rings (SSSR count). The van der Waals surface area contributed by atoms with E-state index in [2.05, 4.69) is 51.2 Å². The van der Waals surface area contributed by atoms with E-state index in [-0.39, 0.29) is 0 Å². The van der Waals surface area contributed by atoms with E-state index in [1.54, 1.807) is 7.11 Å². The Morgan fingerprint density at radius 1 is 1.32 bits per heavy atom. The third kappa shape index (κ3) is 5.45. The summed E-state index contributed by atoms with van der Waals surface area (Å²) in [5.74, 6) is 2.05. The van der Waals surface area contributed by atoms with Crippen LogP contribution < -0.4 is 10.1 Å². The van der Waals surface area contributed by atoms with Gasteiger partial charge in [-0.15, -0.1) is 0 Å². The molecule has 3 heteroatoms. The van der Waals surface area contributed by atoms with Crippen LogP contribution in [0, 0.1) is 6.92 Å². The first kappa shape index (κ1) is 16.4. The number of nitrogens with one attached hydrogen (secondary N) is 1. The van der Waals surface area contributed by atoms with Crippen molar-refractivity contribution in [2.45, 2.75) is 45.4 Å². The maximum Gasteiger partial charge on any atom is 0.119 e. The summed E-state index contributed by atoms with van der Waals surface area (Å²) in [6, 6.07) is 6.81. The van der Waals surface area contributed by atoms with Gasteiger partial charge in [-0.1, -0.05) is 26.8 Å². The van der Waals surface area contributed by atoms with Gasteiger partial charge in [-0.25, -0.2) is 0 Å². The summed E-state index contributed by atoms with van der Waals surface area (Å²) >= 11 is 2.01. The Balaban J connectivity index is 2.82. The van der Waals surface area contributed by atoms with E-state index in [9.17, 15) is 0 Å². The molecule has 108 valence electrons. The molecule has 0 aromatic heterocycles. The minimum absolute atomic E-state index is 0.429. The third-order valence-corrected chi connectivity index (χ3v) is 4.28. The molecule has 0 amide bonds. The predicted molar refractivity (Wildman–Crippen MR) is 86.4 cm³/mol. The van der Waals surface area contributed by atoms with Gasteiger partial charge in [0.2, 0.25) is 0 Å². The number of benzene rings is 1. The van der Waals surface area contributed by atoms with Crippen molar-refractivity contribution in [2.75, 3.05) is 19.4 Å². The van der Waals surface area contributed by atoms with Gasteiger partial charge in [-0.05, 0) is 48.4 Å². The average molecular weight is 281 g/mol. The van der Waals surface area contributed by atoms with Crippen LogP contribution >= 0.6 is 11.8 Å². The molecule has 1 unspecified atom stereocenters. The largest absolute Gasteiger partial charge is 0.497 e. The number of hydrogen-bond donors (Lipinski definition) is 1. The van der Waals surface area contributed by atoms with Crippen LogP contribution in [-0.2, 0) is 0 Å². The molecular formula is C16H27NOS. The second kappa shape index (κ2) is 8.49. The molecule has 0 saturated heterocycles. The summed E-state index contributed by atoms with van der Waals surface area (Å²) in [6.07, 6.45) is 1.16. The lowest BCUT2D eigenvalue weighted by Gasteiger charge is -2.22. The van der Waals surface area contributed by atoms with Gasteiger partial charge in [0.1, 0.15) is 5.75 Å². The van der Waals surface area contributed by atoms with Crippen molar-refractivity contribution in [3.05, 3.63) is 29.3 Å². The Hall–Kier alpha value is -0.670. The van der Waals surface area contributed by atoms with Crippen LogP contribution in [0.25, 0.3) is 0 Å². The molecule has 1 aromatic carbocycles. The van der Waals surface area contributed by atoms with Gasteiger partial charge in [0.25, 0.3) is 0 Å². The third-order valence-electron chi connectivity index (χ3n) is 3.09.